The molecule has 37 heavy (non-hydrogen) atoms. The largest absolute Gasteiger partial charge is 0.279 e. The van der Waals surface area contributed by atoms with E-state index in [9.17, 15) is 13.2 Å². The maximum Gasteiger partial charge on any atom is 0.260 e. The summed E-state index contributed by atoms with van der Waals surface area (Å²) in [5, 5.41) is 1.19. The van der Waals surface area contributed by atoms with Gasteiger partial charge in [0, 0.05) is 23.7 Å². The predicted molar refractivity (Wildman–Crippen MR) is 150 cm³/mol. The van der Waals surface area contributed by atoms with E-state index in [4.69, 9.17) is 16.6 Å². The zero-order valence-corrected chi connectivity index (χ0v) is 23.1. The first-order chi connectivity index (χ1) is 17.7. The minimum absolute atomic E-state index is 0.207. The Labute approximate surface area is 226 Å². The Morgan fingerprint density at radius 1 is 1.05 bits per heavy atom. The van der Waals surface area contributed by atoms with Crippen LogP contribution in [0.2, 0.25) is 5.02 Å². The molecule has 0 radical (unpaired) electrons. The summed E-state index contributed by atoms with van der Waals surface area (Å²) in [7, 11) is -3.59. The summed E-state index contributed by atoms with van der Waals surface area (Å²) in [6, 6.07) is 19.7. The second-order valence-electron chi connectivity index (χ2n) is 9.50. The van der Waals surface area contributed by atoms with Crippen molar-refractivity contribution >= 4 is 54.2 Å². The molecular weight excluding hydrogens is 526 g/mol. The van der Waals surface area contributed by atoms with Gasteiger partial charge >= 0.3 is 0 Å². The third kappa shape index (κ3) is 5.29. The first-order valence-electron chi connectivity index (χ1n) is 12.3. The van der Waals surface area contributed by atoms with E-state index in [2.05, 4.69) is 6.92 Å². The summed E-state index contributed by atoms with van der Waals surface area (Å²) in [6.07, 6.45) is 1.72. The zero-order valence-electron chi connectivity index (χ0n) is 20.7. The van der Waals surface area contributed by atoms with E-state index in [1.54, 1.807) is 21.3 Å². The smallest absolute Gasteiger partial charge is 0.260 e. The summed E-state index contributed by atoms with van der Waals surface area (Å²) in [4.78, 5) is 20.4. The Balaban J connectivity index is 1.47. The number of benzene rings is 3. The Hall–Kier alpha value is -2.78. The number of fused-ring (bicyclic) bond motifs is 1. The fourth-order valence-electron chi connectivity index (χ4n) is 4.50. The molecule has 0 saturated carbocycles. The van der Waals surface area contributed by atoms with Crippen LogP contribution in [0, 0.1) is 12.8 Å². The summed E-state index contributed by atoms with van der Waals surface area (Å²) in [5.41, 5.74) is 3.01. The van der Waals surface area contributed by atoms with Crippen LogP contribution in [-0.2, 0) is 16.6 Å². The van der Waals surface area contributed by atoms with Gasteiger partial charge in [-0.1, -0.05) is 60.2 Å². The summed E-state index contributed by atoms with van der Waals surface area (Å²) < 4.78 is 28.8. The number of aromatic nitrogens is 1. The number of hydrogen-bond acceptors (Lipinski definition) is 5. The lowest BCUT2D eigenvalue weighted by Crippen LogP contribution is -2.37. The molecule has 0 aliphatic carbocycles. The van der Waals surface area contributed by atoms with Gasteiger partial charge in [-0.05, 0) is 73.2 Å². The third-order valence-electron chi connectivity index (χ3n) is 6.88. The van der Waals surface area contributed by atoms with Gasteiger partial charge in [-0.2, -0.15) is 4.31 Å². The average molecular weight is 554 g/mol. The molecule has 9 heteroatoms. The molecule has 1 aliphatic heterocycles. The van der Waals surface area contributed by atoms with Gasteiger partial charge < -0.3 is 0 Å². The van der Waals surface area contributed by atoms with E-state index < -0.39 is 10.0 Å². The van der Waals surface area contributed by atoms with E-state index in [0.29, 0.717) is 41.3 Å². The molecule has 0 atom stereocenters. The molecule has 1 aromatic heterocycles. The van der Waals surface area contributed by atoms with Crippen LogP contribution in [0.15, 0.2) is 71.6 Å². The van der Waals surface area contributed by atoms with E-state index in [-0.39, 0.29) is 10.8 Å². The maximum absolute atomic E-state index is 13.8. The Morgan fingerprint density at radius 2 is 1.73 bits per heavy atom. The van der Waals surface area contributed by atoms with Gasteiger partial charge in [0.2, 0.25) is 10.0 Å². The summed E-state index contributed by atoms with van der Waals surface area (Å²) in [5.74, 6) is 0.284. The number of halogens is 1. The molecule has 0 N–H and O–H groups in total. The number of carbonyl (C=O) groups excluding carboxylic acids is 1. The highest BCUT2D eigenvalue weighted by Gasteiger charge is 2.29. The number of thiazole rings is 1. The molecule has 192 valence electrons. The van der Waals surface area contributed by atoms with E-state index in [1.165, 1.54) is 23.5 Å². The lowest BCUT2D eigenvalue weighted by molar-refractivity contribution is 0.0985. The van der Waals surface area contributed by atoms with Crippen LogP contribution in [0.4, 0.5) is 5.13 Å². The molecule has 1 amide bonds. The van der Waals surface area contributed by atoms with Crippen LogP contribution in [-0.4, -0.2) is 36.7 Å². The van der Waals surface area contributed by atoms with Crippen molar-refractivity contribution in [3.8, 4) is 0 Å². The van der Waals surface area contributed by atoms with Gasteiger partial charge in [-0.15, -0.1) is 0 Å². The number of sulfonamides is 1. The molecule has 0 unspecified atom stereocenters. The van der Waals surface area contributed by atoms with Crippen molar-refractivity contribution in [1.29, 1.82) is 0 Å². The average Bonchev–Trinajstić information content (AvgIpc) is 3.35. The lowest BCUT2D eigenvalue weighted by Gasteiger charge is -2.29. The number of amides is 1. The highest BCUT2D eigenvalue weighted by molar-refractivity contribution is 7.89. The third-order valence-corrected chi connectivity index (χ3v) is 10.2. The summed E-state index contributed by atoms with van der Waals surface area (Å²) in [6.45, 7) is 5.44. The van der Waals surface area contributed by atoms with Gasteiger partial charge in [0.1, 0.15) is 0 Å². The molecule has 3 aromatic carbocycles. The molecule has 0 bridgehead atoms. The lowest BCUT2D eigenvalue weighted by atomic mass is 10.0. The molecule has 4 aromatic rings. The van der Waals surface area contributed by atoms with Crippen molar-refractivity contribution in [2.24, 2.45) is 5.92 Å². The van der Waals surface area contributed by atoms with Gasteiger partial charge in [0.05, 0.1) is 21.7 Å². The Bertz CT molecular complexity index is 1530. The standard InChI is InChI=1S/C28H28ClN3O3S2/c1-19-14-16-31(17-15-19)37(34,35)23-10-8-22(9-11-23)27(33)32(18-21-6-4-3-5-7-21)28-30-26-20(2)24(29)12-13-25(26)36-28/h3-13,19H,14-18H2,1-2H3. The zero-order chi connectivity index (χ0) is 26.2. The van der Waals surface area contributed by atoms with Crippen molar-refractivity contribution in [3.63, 3.8) is 0 Å². The van der Waals surface area contributed by atoms with Crippen molar-refractivity contribution in [3.05, 3.63) is 88.4 Å². The Kier molecular flexibility index (Phi) is 7.36. The van der Waals surface area contributed by atoms with Gasteiger partial charge in [0.25, 0.3) is 5.91 Å². The van der Waals surface area contributed by atoms with Gasteiger partial charge in [-0.25, -0.2) is 13.4 Å². The molecular formula is C28H28ClN3O3S2. The number of piperidine rings is 1. The normalized spacial score (nSPS) is 15.2. The SMILES string of the molecule is Cc1c(Cl)ccc2sc(N(Cc3ccccc3)C(=O)c3ccc(S(=O)(=O)N4CCC(C)CC4)cc3)nc12. The van der Waals surface area contributed by atoms with Crippen molar-refractivity contribution in [1.82, 2.24) is 9.29 Å². The molecule has 2 heterocycles. The number of anilines is 1. The van der Waals surface area contributed by atoms with E-state index in [1.807, 2.05) is 49.4 Å². The van der Waals surface area contributed by atoms with E-state index >= 15 is 0 Å². The second kappa shape index (κ2) is 10.5. The molecule has 6 nitrogen and oxygen atoms in total. The quantitative estimate of drug-likeness (QED) is 0.272. The maximum atomic E-state index is 13.8. The van der Waals surface area contributed by atoms with Crippen molar-refractivity contribution in [2.45, 2.75) is 38.1 Å². The first kappa shape index (κ1) is 25.9. The molecule has 1 aliphatic rings. The van der Waals surface area contributed by atoms with Crippen LogP contribution in [0.5, 0.6) is 0 Å². The van der Waals surface area contributed by atoms with Crippen molar-refractivity contribution in [2.75, 3.05) is 18.0 Å². The first-order valence-corrected chi connectivity index (χ1v) is 14.9. The van der Waals surface area contributed by atoms with Gasteiger partial charge in [0.15, 0.2) is 5.13 Å². The van der Waals surface area contributed by atoms with Crippen LogP contribution >= 0.6 is 22.9 Å². The van der Waals surface area contributed by atoms with Crippen LogP contribution in [0.3, 0.4) is 0 Å². The molecule has 5 rings (SSSR count). The Morgan fingerprint density at radius 3 is 2.41 bits per heavy atom. The highest BCUT2D eigenvalue weighted by Crippen LogP contribution is 2.35. The summed E-state index contributed by atoms with van der Waals surface area (Å²) >= 11 is 7.74. The van der Waals surface area contributed by atoms with Crippen LogP contribution in [0.25, 0.3) is 10.2 Å². The number of aryl methyl sites for hydroxylation is 1. The molecule has 1 fully saturated rings. The number of hydrogen-bond donors (Lipinski definition) is 0. The monoisotopic (exact) mass is 553 g/mol. The molecule has 0 spiro atoms. The minimum atomic E-state index is -3.59. The fraction of sp³-hybridized carbons (Fsp3) is 0.286. The van der Waals surface area contributed by atoms with Crippen molar-refractivity contribution < 1.29 is 13.2 Å². The predicted octanol–water partition coefficient (Wildman–Crippen LogP) is 6.53. The number of nitrogens with zero attached hydrogens (tertiary/aromatic N) is 3. The number of rotatable bonds is 6. The van der Waals surface area contributed by atoms with Crippen LogP contribution < -0.4 is 4.90 Å². The second-order valence-corrected chi connectivity index (χ2v) is 12.9. The molecule has 1 saturated heterocycles. The van der Waals surface area contributed by atoms with E-state index in [0.717, 1.165) is 34.2 Å². The fourth-order valence-corrected chi connectivity index (χ4v) is 7.14. The van der Waals surface area contributed by atoms with Gasteiger partial charge in [-0.3, -0.25) is 9.69 Å². The highest BCUT2D eigenvalue weighted by atomic mass is 35.5. The van der Waals surface area contributed by atoms with Crippen LogP contribution in [0.1, 0.15) is 41.3 Å². The topological polar surface area (TPSA) is 70.6 Å². The minimum Gasteiger partial charge on any atom is -0.279 e. The number of carbonyl (C=O) groups is 1.